The molecule has 7 heteroatoms. The second-order valence-corrected chi connectivity index (χ2v) is 6.59. The fourth-order valence-electron chi connectivity index (χ4n) is 3.02. The molecule has 0 amide bonds. The first-order valence-corrected chi connectivity index (χ1v) is 9.49. The lowest BCUT2D eigenvalue weighted by atomic mass is 10.2. The van der Waals surface area contributed by atoms with Crippen molar-refractivity contribution in [1.29, 1.82) is 0 Å². The Hall–Kier alpha value is -2.93. The molecule has 0 spiro atoms. The third-order valence-electron chi connectivity index (χ3n) is 4.44. The number of carbonyl (C=O) groups is 1. The minimum absolute atomic E-state index is 0.425. The lowest BCUT2D eigenvalue weighted by Crippen LogP contribution is -2.18. The highest BCUT2D eigenvalue weighted by molar-refractivity contribution is 5.86. The molecule has 0 aliphatic carbocycles. The van der Waals surface area contributed by atoms with E-state index in [-0.39, 0.29) is 0 Å². The molecule has 0 radical (unpaired) electrons. The largest absolute Gasteiger partial charge is 0.492 e. The predicted molar refractivity (Wildman–Crippen MR) is 108 cm³/mol. The number of esters is 1. The molecule has 1 aliphatic rings. The van der Waals surface area contributed by atoms with Gasteiger partial charge in [-0.25, -0.2) is 9.78 Å². The third kappa shape index (κ3) is 6.35. The van der Waals surface area contributed by atoms with Crippen LogP contribution >= 0.6 is 0 Å². The van der Waals surface area contributed by atoms with E-state index in [2.05, 4.69) is 37.1 Å². The summed E-state index contributed by atoms with van der Waals surface area (Å²) in [6, 6.07) is 8.28. The van der Waals surface area contributed by atoms with Crippen LogP contribution < -0.4 is 10.1 Å². The van der Waals surface area contributed by atoms with Gasteiger partial charge in [-0.1, -0.05) is 12.1 Å². The number of hydrogen-bond acceptors (Lipinski definition) is 7. The number of benzene rings is 1. The van der Waals surface area contributed by atoms with Crippen LogP contribution in [0.1, 0.15) is 24.1 Å². The van der Waals surface area contributed by atoms with Crippen molar-refractivity contribution in [3.8, 4) is 5.75 Å². The minimum Gasteiger partial charge on any atom is -0.492 e. The first kappa shape index (κ1) is 19.8. The van der Waals surface area contributed by atoms with Gasteiger partial charge in [-0.05, 0) is 49.7 Å². The van der Waals surface area contributed by atoms with E-state index in [0.717, 1.165) is 12.3 Å². The monoisotopic (exact) mass is 382 g/mol. The summed E-state index contributed by atoms with van der Waals surface area (Å²) in [6.07, 6.45) is 8.67. The van der Waals surface area contributed by atoms with Gasteiger partial charge in [-0.15, -0.1) is 0 Å². The molecule has 7 nitrogen and oxygen atoms in total. The van der Waals surface area contributed by atoms with Crippen molar-refractivity contribution in [2.75, 3.05) is 38.7 Å². The summed E-state index contributed by atoms with van der Waals surface area (Å²) < 4.78 is 10.4. The highest BCUT2D eigenvalue weighted by Crippen LogP contribution is 2.17. The van der Waals surface area contributed by atoms with Gasteiger partial charge in [0, 0.05) is 12.6 Å². The maximum Gasteiger partial charge on any atom is 0.330 e. The van der Waals surface area contributed by atoms with Gasteiger partial charge >= 0.3 is 5.97 Å². The Morgan fingerprint density at radius 2 is 2.11 bits per heavy atom. The van der Waals surface area contributed by atoms with Crippen LogP contribution in [0.2, 0.25) is 0 Å². The highest BCUT2D eigenvalue weighted by Gasteiger charge is 2.11. The summed E-state index contributed by atoms with van der Waals surface area (Å²) >= 11 is 0. The van der Waals surface area contributed by atoms with E-state index in [9.17, 15) is 4.79 Å². The van der Waals surface area contributed by atoms with E-state index in [4.69, 9.17) is 4.74 Å². The smallest absolute Gasteiger partial charge is 0.330 e. The van der Waals surface area contributed by atoms with Crippen LogP contribution in [0.15, 0.2) is 42.7 Å². The lowest BCUT2D eigenvalue weighted by Gasteiger charge is -2.15. The molecule has 28 heavy (non-hydrogen) atoms. The van der Waals surface area contributed by atoms with E-state index >= 15 is 0 Å². The number of nitrogens with one attached hydrogen (secondary N) is 1. The van der Waals surface area contributed by atoms with Crippen LogP contribution in [0.4, 0.5) is 5.82 Å². The number of rotatable bonds is 9. The van der Waals surface area contributed by atoms with Gasteiger partial charge in [-0.2, -0.15) is 0 Å². The topological polar surface area (TPSA) is 76.6 Å². The van der Waals surface area contributed by atoms with Crippen LogP contribution in [0.3, 0.4) is 0 Å². The van der Waals surface area contributed by atoms with E-state index in [1.54, 1.807) is 18.5 Å². The summed E-state index contributed by atoms with van der Waals surface area (Å²) in [5, 5.41) is 3.17. The van der Waals surface area contributed by atoms with Crippen LogP contribution in [-0.2, 0) is 16.1 Å². The molecule has 2 heterocycles. The Bertz CT molecular complexity index is 786. The van der Waals surface area contributed by atoms with Gasteiger partial charge in [0.05, 0.1) is 31.7 Å². The van der Waals surface area contributed by atoms with Gasteiger partial charge in [-0.3, -0.25) is 9.88 Å². The highest BCUT2D eigenvalue weighted by atomic mass is 16.5. The Kier molecular flexibility index (Phi) is 7.37. The second kappa shape index (κ2) is 10.4. The number of methoxy groups -OCH3 is 1. The van der Waals surface area contributed by atoms with E-state index < -0.39 is 5.97 Å². The number of anilines is 1. The molecule has 2 aromatic rings. The number of carbonyl (C=O) groups excluding carboxylic acids is 1. The van der Waals surface area contributed by atoms with E-state index in [0.29, 0.717) is 24.7 Å². The summed E-state index contributed by atoms with van der Waals surface area (Å²) in [5.74, 6) is 1.11. The van der Waals surface area contributed by atoms with Crippen LogP contribution in [0, 0.1) is 0 Å². The molecule has 148 valence electrons. The molecule has 1 aliphatic heterocycles. The molecule has 1 aromatic heterocycles. The van der Waals surface area contributed by atoms with Gasteiger partial charge in [0.25, 0.3) is 0 Å². The average molecular weight is 382 g/mol. The molecule has 1 fully saturated rings. The second-order valence-electron chi connectivity index (χ2n) is 6.59. The fourth-order valence-corrected chi connectivity index (χ4v) is 3.02. The molecular weight excluding hydrogens is 356 g/mol. The number of nitrogens with zero attached hydrogens (tertiary/aromatic N) is 3. The summed E-state index contributed by atoms with van der Waals surface area (Å²) in [6.45, 7) is 4.50. The van der Waals surface area contributed by atoms with E-state index in [1.807, 2.05) is 12.1 Å². The number of likely N-dealkylation sites (tertiary alicyclic amines) is 1. The third-order valence-corrected chi connectivity index (χ3v) is 4.44. The molecule has 0 unspecified atom stereocenters. The van der Waals surface area contributed by atoms with Crippen molar-refractivity contribution < 1.29 is 14.3 Å². The zero-order valence-corrected chi connectivity index (χ0v) is 16.1. The quantitative estimate of drug-likeness (QED) is 0.406. The molecular formula is C21H26N4O3. The average Bonchev–Trinajstić information content (AvgIpc) is 3.23. The molecule has 1 N–H and O–H groups in total. The van der Waals surface area contributed by atoms with Crippen molar-refractivity contribution in [3.63, 3.8) is 0 Å². The van der Waals surface area contributed by atoms with Gasteiger partial charge < -0.3 is 14.8 Å². The van der Waals surface area contributed by atoms with Gasteiger partial charge in [0.2, 0.25) is 0 Å². The fraction of sp³-hybridized carbons (Fsp3) is 0.381. The molecule has 0 atom stereocenters. The Balaban J connectivity index is 1.40. The summed E-state index contributed by atoms with van der Waals surface area (Å²) in [7, 11) is 1.33. The predicted octanol–water partition coefficient (Wildman–Crippen LogP) is 2.75. The molecule has 0 bridgehead atoms. The van der Waals surface area contributed by atoms with E-state index in [1.165, 1.54) is 44.7 Å². The Morgan fingerprint density at radius 3 is 2.86 bits per heavy atom. The van der Waals surface area contributed by atoms with Gasteiger partial charge in [0.15, 0.2) is 0 Å². The lowest BCUT2D eigenvalue weighted by molar-refractivity contribution is -0.134. The first-order valence-electron chi connectivity index (χ1n) is 9.49. The Labute approximate surface area is 165 Å². The standard InChI is InChI=1S/C21H26N4O3/c1-27-21(26)8-7-18-14-24-20(15-23-18)22-9-12-28-19-6-4-5-17(13-19)16-25-10-2-3-11-25/h4-8,13-15H,2-3,9-12,16H2,1H3,(H,22,24)/b8-7+. The van der Waals surface area contributed by atoms with Crippen molar-refractivity contribution in [3.05, 3.63) is 54.0 Å². The number of hydrogen-bond donors (Lipinski definition) is 1. The maximum absolute atomic E-state index is 11.1. The van der Waals surface area contributed by atoms with Crippen LogP contribution in [0.25, 0.3) is 6.08 Å². The van der Waals surface area contributed by atoms with Crippen molar-refractivity contribution in [1.82, 2.24) is 14.9 Å². The van der Waals surface area contributed by atoms with Crippen molar-refractivity contribution in [2.24, 2.45) is 0 Å². The van der Waals surface area contributed by atoms with Crippen molar-refractivity contribution in [2.45, 2.75) is 19.4 Å². The zero-order chi connectivity index (χ0) is 19.6. The van der Waals surface area contributed by atoms with Crippen molar-refractivity contribution >= 4 is 17.9 Å². The molecule has 3 rings (SSSR count). The first-order chi connectivity index (χ1) is 13.7. The zero-order valence-electron chi connectivity index (χ0n) is 16.1. The molecule has 1 saturated heterocycles. The minimum atomic E-state index is -0.425. The van der Waals surface area contributed by atoms with Crippen LogP contribution in [-0.4, -0.2) is 54.2 Å². The number of aromatic nitrogens is 2. The Morgan fingerprint density at radius 1 is 1.25 bits per heavy atom. The molecule has 0 saturated carbocycles. The normalized spacial score (nSPS) is 14.3. The SMILES string of the molecule is COC(=O)/C=C/c1cnc(NCCOc2cccc(CN3CCCC3)c2)cn1. The summed E-state index contributed by atoms with van der Waals surface area (Å²) in [4.78, 5) is 22.0. The summed E-state index contributed by atoms with van der Waals surface area (Å²) in [5.41, 5.74) is 1.87. The van der Waals surface area contributed by atoms with Gasteiger partial charge in [0.1, 0.15) is 18.2 Å². The maximum atomic E-state index is 11.1. The molecule has 1 aromatic carbocycles. The van der Waals surface area contributed by atoms with Crippen LogP contribution in [0.5, 0.6) is 5.75 Å². The number of ether oxygens (including phenoxy) is 2.